The molecule has 0 aromatic carbocycles. The summed E-state index contributed by atoms with van der Waals surface area (Å²) in [5, 5.41) is 13.7. The summed E-state index contributed by atoms with van der Waals surface area (Å²) in [7, 11) is 0. The van der Waals surface area contributed by atoms with Gasteiger partial charge in [0.2, 0.25) is 0 Å². The Morgan fingerprint density at radius 2 is 2.33 bits per heavy atom. The van der Waals surface area contributed by atoms with E-state index in [0.717, 1.165) is 5.56 Å². The van der Waals surface area contributed by atoms with Gasteiger partial charge in [-0.3, -0.25) is 15.1 Å². The zero-order valence-electron chi connectivity index (χ0n) is 9.87. The van der Waals surface area contributed by atoms with Gasteiger partial charge in [-0.15, -0.1) is 0 Å². The van der Waals surface area contributed by atoms with Crippen molar-refractivity contribution in [1.82, 2.24) is 10.3 Å². The standard InChI is InChI=1S/C12H13N3O3/c1-9(10-3-2-6-13-7-10)14-8-11-4-5-12(18-11)15(16)17/h2-7,9,14H,8H2,1H3/t9-/m0/s1. The second-order valence-electron chi connectivity index (χ2n) is 3.89. The highest BCUT2D eigenvalue weighted by Crippen LogP contribution is 2.17. The molecule has 6 nitrogen and oxygen atoms in total. The molecule has 94 valence electrons. The number of hydrogen-bond donors (Lipinski definition) is 1. The average Bonchev–Trinajstić information content (AvgIpc) is 2.86. The molecular formula is C12H13N3O3. The number of furan rings is 1. The number of nitrogens with one attached hydrogen (secondary N) is 1. The number of aromatic nitrogens is 1. The number of hydrogen-bond acceptors (Lipinski definition) is 5. The predicted molar refractivity (Wildman–Crippen MR) is 64.9 cm³/mol. The van der Waals surface area contributed by atoms with Gasteiger partial charge in [0.05, 0.1) is 12.6 Å². The lowest BCUT2D eigenvalue weighted by Gasteiger charge is -2.12. The van der Waals surface area contributed by atoms with Crippen molar-refractivity contribution in [3.05, 3.63) is 58.1 Å². The molecule has 18 heavy (non-hydrogen) atoms. The highest BCUT2D eigenvalue weighted by molar-refractivity contribution is 5.18. The highest BCUT2D eigenvalue weighted by Gasteiger charge is 2.12. The Morgan fingerprint density at radius 1 is 1.50 bits per heavy atom. The number of nitro groups is 1. The molecule has 1 N–H and O–H groups in total. The van der Waals surface area contributed by atoms with Gasteiger partial charge in [0, 0.05) is 18.4 Å². The van der Waals surface area contributed by atoms with Crippen LogP contribution in [-0.2, 0) is 6.54 Å². The van der Waals surface area contributed by atoms with Crippen LogP contribution in [0.2, 0.25) is 0 Å². The Morgan fingerprint density at radius 3 is 2.94 bits per heavy atom. The molecule has 2 heterocycles. The first-order chi connectivity index (χ1) is 8.66. The molecule has 0 amide bonds. The normalized spacial score (nSPS) is 12.3. The summed E-state index contributed by atoms with van der Waals surface area (Å²) in [4.78, 5) is 13.9. The summed E-state index contributed by atoms with van der Waals surface area (Å²) in [6, 6.07) is 6.88. The van der Waals surface area contributed by atoms with E-state index >= 15 is 0 Å². The summed E-state index contributed by atoms with van der Waals surface area (Å²) in [5.74, 6) is 0.304. The first kappa shape index (κ1) is 12.3. The maximum Gasteiger partial charge on any atom is 0.433 e. The lowest BCUT2D eigenvalue weighted by molar-refractivity contribution is -0.402. The molecule has 1 atom stereocenters. The van der Waals surface area contributed by atoms with Crippen molar-refractivity contribution >= 4 is 5.88 Å². The van der Waals surface area contributed by atoms with Gasteiger partial charge >= 0.3 is 5.88 Å². The third-order valence-electron chi connectivity index (χ3n) is 2.59. The van der Waals surface area contributed by atoms with Crippen molar-refractivity contribution in [2.45, 2.75) is 19.5 Å². The molecule has 0 aliphatic rings. The average molecular weight is 247 g/mol. The number of nitrogens with zero attached hydrogens (tertiary/aromatic N) is 2. The van der Waals surface area contributed by atoms with E-state index in [4.69, 9.17) is 4.42 Å². The van der Waals surface area contributed by atoms with E-state index in [1.165, 1.54) is 6.07 Å². The first-order valence-electron chi connectivity index (χ1n) is 5.53. The molecule has 0 saturated carbocycles. The minimum atomic E-state index is -0.548. The van der Waals surface area contributed by atoms with Gasteiger partial charge in [-0.25, -0.2) is 0 Å². The second-order valence-corrected chi connectivity index (χ2v) is 3.89. The fraction of sp³-hybridized carbons (Fsp3) is 0.250. The molecule has 0 aliphatic carbocycles. The third kappa shape index (κ3) is 2.92. The van der Waals surface area contributed by atoms with Crippen molar-refractivity contribution < 1.29 is 9.34 Å². The summed E-state index contributed by atoms with van der Waals surface area (Å²) < 4.78 is 5.05. The maximum atomic E-state index is 10.5. The van der Waals surface area contributed by atoms with Crippen molar-refractivity contribution in [2.24, 2.45) is 0 Å². The molecule has 0 aliphatic heterocycles. The Hall–Kier alpha value is -2.21. The van der Waals surface area contributed by atoms with Crippen LogP contribution >= 0.6 is 0 Å². The monoisotopic (exact) mass is 247 g/mol. The van der Waals surface area contributed by atoms with Crippen molar-refractivity contribution in [2.75, 3.05) is 0 Å². The molecule has 0 bridgehead atoms. The van der Waals surface area contributed by atoms with Crippen LogP contribution in [-0.4, -0.2) is 9.91 Å². The van der Waals surface area contributed by atoms with Gasteiger partial charge in [0.15, 0.2) is 0 Å². The largest absolute Gasteiger partial charge is 0.433 e. The van der Waals surface area contributed by atoms with E-state index in [9.17, 15) is 10.1 Å². The minimum absolute atomic E-state index is 0.0999. The van der Waals surface area contributed by atoms with E-state index in [1.807, 2.05) is 19.1 Å². The fourth-order valence-corrected chi connectivity index (χ4v) is 1.56. The van der Waals surface area contributed by atoms with Crippen LogP contribution in [0.15, 0.2) is 41.1 Å². The molecular weight excluding hydrogens is 234 g/mol. The first-order valence-corrected chi connectivity index (χ1v) is 5.53. The molecule has 6 heteroatoms. The third-order valence-corrected chi connectivity index (χ3v) is 2.59. The van der Waals surface area contributed by atoms with Gasteiger partial charge in [0.1, 0.15) is 10.7 Å². The van der Waals surface area contributed by atoms with Crippen LogP contribution < -0.4 is 5.32 Å². The quantitative estimate of drug-likeness (QED) is 0.648. The number of pyridine rings is 1. The Balaban J connectivity index is 1.93. The van der Waals surface area contributed by atoms with Crippen LogP contribution in [0.3, 0.4) is 0 Å². The predicted octanol–water partition coefficient (Wildman–Crippen LogP) is 2.43. The lowest BCUT2D eigenvalue weighted by Crippen LogP contribution is -2.17. The van der Waals surface area contributed by atoms with Crippen LogP contribution in [0.25, 0.3) is 0 Å². The Kier molecular flexibility index (Phi) is 3.69. The van der Waals surface area contributed by atoms with Crippen LogP contribution in [0, 0.1) is 10.1 Å². The molecule has 0 fully saturated rings. The summed E-state index contributed by atoms with van der Waals surface area (Å²) in [6.45, 7) is 2.43. The molecule has 2 rings (SSSR count). The zero-order chi connectivity index (χ0) is 13.0. The van der Waals surface area contributed by atoms with Crippen molar-refractivity contribution in [3.8, 4) is 0 Å². The van der Waals surface area contributed by atoms with Gasteiger partial charge in [-0.1, -0.05) is 6.07 Å². The van der Waals surface area contributed by atoms with Crippen LogP contribution in [0.5, 0.6) is 0 Å². The Bertz CT molecular complexity index is 524. The molecule has 0 saturated heterocycles. The molecule has 0 unspecified atom stereocenters. The van der Waals surface area contributed by atoms with E-state index in [-0.39, 0.29) is 11.9 Å². The summed E-state index contributed by atoms with van der Waals surface area (Å²) in [6.07, 6.45) is 3.49. The van der Waals surface area contributed by atoms with Gasteiger partial charge < -0.3 is 9.73 Å². The topological polar surface area (TPSA) is 81.2 Å². The second kappa shape index (κ2) is 5.42. The van der Waals surface area contributed by atoms with E-state index < -0.39 is 4.92 Å². The smallest absolute Gasteiger partial charge is 0.404 e. The van der Waals surface area contributed by atoms with E-state index in [0.29, 0.717) is 12.3 Å². The molecule has 0 radical (unpaired) electrons. The van der Waals surface area contributed by atoms with Crippen molar-refractivity contribution in [3.63, 3.8) is 0 Å². The zero-order valence-corrected chi connectivity index (χ0v) is 9.87. The van der Waals surface area contributed by atoms with Crippen LogP contribution in [0.1, 0.15) is 24.3 Å². The number of rotatable bonds is 5. The Labute approximate surface area is 104 Å². The molecule has 2 aromatic rings. The minimum Gasteiger partial charge on any atom is -0.404 e. The van der Waals surface area contributed by atoms with E-state index in [1.54, 1.807) is 18.5 Å². The van der Waals surface area contributed by atoms with Gasteiger partial charge in [-0.2, -0.15) is 0 Å². The molecule has 0 spiro atoms. The SMILES string of the molecule is C[C@H](NCc1ccc([N+](=O)[O-])o1)c1cccnc1. The van der Waals surface area contributed by atoms with E-state index in [2.05, 4.69) is 10.3 Å². The highest BCUT2D eigenvalue weighted by atomic mass is 16.6. The van der Waals surface area contributed by atoms with Gasteiger partial charge in [0.25, 0.3) is 0 Å². The van der Waals surface area contributed by atoms with Gasteiger partial charge in [-0.05, 0) is 24.6 Å². The summed E-state index contributed by atoms with van der Waals surface area (Å²) in [5.41, 5.74) is 1.05. The maximum absolute atomic E-state index is 10.5. The van der Waals surface area contributed by atoms with Crippen molar-refractivity contribution in [1.29, 1.82) is 0 Å². The molecule has 2 aromatic heterocycles. The summed E-state index contributed by atoms with van der Waals surface area (Å²) >= 11 is 0. The fourth-order valence-electron chi connectivity index (χ4n) is 1.56. The van der Waals surface area contributed by atoms with Crippen LogP contribution in [0.4, 0.5) is 5.88 Å². The lowest BCUT2D eigenvalue weighted by atomic mass is 10.1.